The fraction of sp³-hybridized carbons (Fsp3) is 0.434. The second kappa shape index (κ2) is 25.8. The quantitative estimate of drug-likeness (QED) is 0.0689. The van der Waals surface area contributed by atoms with Crippen molar-refractivity contribution in [2.24, 2.45) is 11.8 Å². The van der Waals surface area contributed by atoms with E-state index in [2.05, 4.69) is 25.3 Å². The average molecular weight is 1020 g/mol. The number of amides is 3. The molecule has 6 aromatic rings. The molecule has 0 bridgehead atoms. The molecule has 3 amide bonds. The van der Waals surface area contributed by atoms with Crippen LogP contribution in [-0.4, -0.2) is 130 Å². The molecule has 18 heteroatoms. The van der Waals surface area contributed by atoms with Crippen LogP contribution in [0.15, 0.2) is 79.1 Å². The van der Waals surface area contributed by atoms with Crippen LogP contribution in [0, 0.1) is 23.5 Å². The van der Waals surface area contributed by atoms with Crippen molar-refractivity contribution < 1.29 is 37.4 Å². The van der Waals surface area contributed by atoms with E-state index in [1.807, 2.05) is 41.3 Å². The van der Waals surface area contributed by atoms with Crippen LogP contribution in [0.2, 0.25) is 0 Å². The van der Waals surface area contributed by atoms with E-state index < -0.39 is 11.7 Å². The van der Waals surface area contributed by atoms with E-state index in [0.717, 1.165) is 67.9 Å². The average Bonchev–Trinajstić information content (AvgIpc) is 4.27. The molecule has 4 fully saturated rings. The van der Waals surface area contributed by atoms with Gasteiger partial charge in [-0.25, -0.2) is 8.78 Å². The fourth-order valence-electron chi connectivity index (χ4n) is 9.53. The number of nitrogens with zero attached hydrogens (tertiary/aromatic N) is 5. The van der Waals surface area contributed by atoms with Gasteiger partial charge in [0.05, 0.1) is 25.1 Å². The van der Waals surface area contributed by atoms with Gasteiger partial charge in [-0.2, -0.15) is 9.97 Å². The lowest BCUT2D eigenvalue weighted by Crippen LogP contribution is -2.39. The zero-order chi connectivity index (χ0) is 50.3. The number of benzene rings is 2. The highest BCUT2D eigenvalue weighted by Crippen LogP contribution is 2.30. The van der Waals surface area contributed by atoms with Crippen molar-refractivity contribution in [3.63, 3.8) is 0 Å². The van der Waals surface area contributed by atoms with Crippen LogP contribution in [0.5, 0.6) is 11.8 Å². The van der Waals surface area contributed by atoms with Crippen LogP contribution in [-0.2, 0) is 17.6 Å². The first kappa shape index (κ1) is 52.7. The minimum atomic E-state index is -0.602. The molecule has 4 aliphatic rings. The monoisotopic (exact) mass is 1010 g/mol. The number of halogens is 4. The molecule has 0 radical (unpaired) electrons. The number of likely N-dealkylation sites (tertiary alicyclic amines) is 3. The van der Waals surface area contributed by atoms with Crippen molar-refractivity contribution >= 4 is 68.8 Å². The van der Waals surface area contributed by atoms with E-state index in [1.54, 1.807) is 22.1 Å². The topological polar surface area (TPSA) is 166 Å². The van der Waals surface area contributed by atoms with E-state index in [1.165, 1.54) is 70.6 Å². The predicted molar refractivity (Wildman–Crippen MR) is 272 cm³/mol. The molecular weight excluding hydrogens is 954 g/mol. The SMILES string of the molecule is C1CCNC1.COc1nc2[nH]cc(C(=O)C(=O)N3CCCC3)c2cc1C(=O)N1CCC(Cc2ccc(F)cc2)CC1.COc1nc2[nH]ccc2cc1C(=O)N1CCC(Cc2ccc(F)cc2)CC1.ClCCl. The maximum absolute atomic E-state index is 13.5. The van der Waals surface area contributed by atoms with Crippen molar-refractivity contribution in [1.29, 1.82) is 0 Å². The van der Waals surface area contributed by atoms with E-state index in [-0.39, 0.29) is 45.8 Å². The number of piperidine rings is 2. The number of H-pyrrole nitrogens is 2. The number of methoxy groups -OCH3 is 2. The second-order valence-corrected chi connectivity index (χ2v) is 18.9. The Kier molecular flexibility index (Phi) is 19.2. The summed E-state index contributed by atoms with van der Waals surface area (Å²) in [6, 6.07) is 18.6. The molecule has 8 heterocycles. The van der Waals surface area contributed by atoms with Crippen LogP contribution in [0.25, 0.3) is 22.1 Å². The first-order chi connectivity index (χ1) is 34.5. The number of aromatic amines is 2. The molecule has 2 aromatic carbocycles. The third-order valence-electron chi connectivity index (χ3n) is 13.4. The number of carbonyl (C=O) groups excluding carboxylic acids is 4. The van der Waals surface area contributed by atoms with Crippen LogP contribution >= 0.6 is 23.2 Å². The second-order valence-electron chi connectivity index (χ2n) is 18.1. The van der Waals surface area contributed by atoms with E-state index in [0.29, 0.717) is 79.2 Å². The highest BCUT2D eigenvalue weighted by atomic mass is 35.5. The summed E-state index contributed by atoms with van der Waals surface area (Å²) >= 11 is 9.53. The van der Waals surface area contributed by atoms with Crippen molar-refractivity contribution in [1.82, 2.24) is 40.0 Å². The molecule has 378 valence electrons. The molecule has 0 spiro atoms. The van der Waals surface area contributed by atoms with E-state index >= 15 is 0 Å². The summed E-state index contributed by atoms with van der Waals surface area (Å²) in [5, 5.41) is 4.74. The molecule has 4 aromatic heterocycles. The van der Waals surface area contributed by atoms with Gasteiger partial charge in [0, 0.05) is 62.4 Å². The lowest BCUT2D eigenvalue weighted by molar-refractivity contribution is -0.125. The zero-order valence-corrected chi connectivity index (χ0v) is 41.8. The predicted octanol–water partition coefficient (Wildman–Crippen LogP) is 9.21. The number of hydrogen-bond acceptors (Lipinski definition) is 9. The lowest BCUT2D eigenvalue weighted by Gasteiger charge is -2.32. The molecule has 14 nitrogen and oxygen atoms in total. The smallest absolute Gasteiger partial charge is 0.295 e. The molecule has 4 saturated heterocycles. The van der Waals surface area contributed by atoms with Gasteiger partial charge in [-0.05, 0) is 143 Å². The van der Waals surface area contributed by atoms with Crippen molar-refractivity contribution in [3.05, 3.63) is 119 Å². The molecule has 3 N–H and O–H groups in total. The van der Waals surface area contributed by atoms with Gasteiger partial charge in [-0.1, -0.05) is 24.3 Å². The molecule has 71 heavy (non-hydrogen) atoms. The van der Waals surface area contributed by atoms with Gasteiger partial charge in [0.15, 0.2) is 0 Å². The van der Waals surface area contributed by atoms with Gasteiger partial charge < -0.3 is 39.5 Å². The third-order valence-corrected chi connectivity index (χ3v) is 13.4. The Morgan fingerprint density at radius 1 is 0.620 bits per heavy atom. The standard InChI is InChI=1S/C27H29FN4O4.C21H22FN3O2.C4H9N.CH2Cl2/c1-36-25-21(26(34)32-12-8-18(9-13-32)14-17-4-6-19(28)7-5-17)15-20-22(16-29-24(20)30-25)23(33)27(35)31-10-2-3-11-31;1-27-20-18(13-16-6-9-23-19(16)24-20)21(26)25-10-7-15(8-11-25)12-14-2-4-17(22)5-3-14;1-2-4-5-3-1;2-1-3/h4-7,15-16,18H,2-3,8-14H2,1H3,(H,29,30);2-6,9,13,15H,7-8,10-12H2,1H3,(H,23,24);5H,1-4H2;1H2. The Morgan fingerprint density at radius 2 is 1.10 bits per heavy atom. The van der Waals surface area contributed by atoms with Gasteiger partial charge in [0.1, 0.15) is 34.1 Å². The Balaban J connectivity index is 0.000000186. The molecule has 4 aliphatic heterocycles. The Bertz CT molecular complexity index is 2700. The highest BCUT2D eigenvalue weighted by molar-refractivity contribution is 6.45. The first-order valence-corrected chi connectivity index (χ1v) is 25.4. The van der Waals surface area contributed by atoms with Gasteiger partial charge in [0.2, 0.25) is 11.8 Å². The molecule has 0 aliphatic carbocycles. The Morgan fingerprint density at radius 3 is 1.56 bits per heavy atom. The molecule has 0 unspecified atom stereocenters. The summed E-state index contributed by atoms with van der Waals surface area (Å²) in [6.07, 6.45) is 13.1. The Labute approximate surface area is 422 Å². The van der Waals surface area contributed by atoms with Gasteiger partial charge in [0.25, 0.3) is 23.5 Å². The third kappa shape index (κ3) is 13.9. The van der Waals surface area contributed by atoms with Crippen LogP contribution < -0.4 is 14.8 Å². The summed E-state index contributed by atoms with van der Waals surface area (Å²) in [5.74, 6) is -0.396. The molecular formula is C53H62Cl2F2N8O6. The Hall–Kier alpha value is -6.10. The largest absolute Gasteiger partial charge is 0.480 e. The first-order valence-electron chi connectivity index (χ1n) is 24.3. The number of rotatable bonds is 10. The lowest BCUT2D eigenvalue weighted by atomic mass is 9.90. The number of ketones is 1. The van der Waals surface area contributed by atoms with E-state index in [9.17, 15) is 28.0 Å². The number of aromatic nitrogens is 4. The summed E-state index contributed by atoms with van der Waals surface area (Å²) in [6.45, 7) is 6.24. The van der Waals surface area contributed by atoms with Crippen molar-refractivity contribution in [3.8, 4) is 11.8 Å². The van der Waals surface area contributed by atoms with Crippen molar-refractivity contribution in [2.75, 3.05) is 71.9 Å². The van der Waals surface area contributed by atoms with Crippen molar-refractivity contribution in [2.45, 2.75) is 64.2 Å². The summed E-state index contributed by atoms with van der Waals surface area (Å²) in [4.78, 5) is 72.1. The van der Waals surface area contributed by atoms with Crippen LogP contribution in [0.3, 0.4) is 0 Å². The summed E-state index contributed by atoms with van der Waals surface area (Å²) in [7, 11) is 2.98. The number of alkyl halides is 2. The minimum absolute atomic E-state index is 0.0392. The minimum Gasteiger partial charge on any atom is -0.480 e. The maximum Gasteiger partial charge on any atom is 0.295 e. The number of carbonyl (C=O) groups is 4. The van der Waals surface area contributed by atoms with Gasteiger partial charge >= 0.3 is 0 Å². The summed E-state index contributed by atoms with van der Waals surface area (Å²) < 4.78 is 37.0. The summed E-state index contributed by atoms with van der Waals surface area (Å²) in [5.41, 5.74) is 4.31. The normalized spacial score (nSPS) is 16.1. The molecule has 0 atom stereocenters. The highest BCUT2D eigenvalue weighted by Gasteiger charge is 2.31. The van der Waals surface area contributed by atoms with E-state index in [4.69, 9.17) is 32.7 Å². The number of Topliss-reactive ketones (excluding diaryl/α,β-unsaturated/α-hetero) is 1. The van der Waals surface area contributed by atoms with Gasteiger partial charge in [-0.3, -0.25) is 19.2 Å². The number of pyridine rings is 2. The number of ether oxygens (including phenoxy) is 2. The maximum atomic E-state index is 13.5. The number of hydrogen-bond donors (Lipinski definition) is 3. The number of nitrogens with one attached hydrogen (secondary N) is 3. The van der Waals surface area contributed by atoms with Gasteiger partial charge in [-0.15, -0.1) is 23.2 Å². The molecule has 0 saturated carbocycles. The fourth-order valence-corrected chi connectivity index (χ4v) is 9.53. The van der Waals surface area contributed by atoms with Crippen LogP contribution in [0.1, 0.15) is 93.6 Å². The molecule has 10 rings (SSSR count). The van der Waals surface area contributed by atoms with Crippen LogP contribution in [0.4, 0.5) is 8.78 Å². The number of fused-ring (bicyclic) bond motifs is 2. The zero-order valence-electron chi connectivity index (χ0n) is 40.3.